The zero-order valence-electron chi connectivity index (χ0n) is 8.37. The molecule has 0 N–H and O–H groups in total. The zero-order chi connectivity index (χ0) is 9.80. The molecule has 2 heteroatoms. The van der Waals surface area contributed by atoms with Crippen LogP contribution in [0, 0.1) is 5.92 Å². The van der Waals surface area contributed by atoms with E-state index in [0.717, 1.165) is 12.2 Å². The normalized spacial score (nSPS) is 17.4. The van der Waals surface area contributed by atoms with Gasteiger partial charge in [-0.15, -0.1) is 0 Å². The van der Waals surface area contributed by atoms with Gasteiger partial charge in [-0.05, 0) is 18.1 Å². The van der Waals surface area contributed by atoms with Crippen LogP contribution in [0.25, 0.3) is 0 Å². The molecule has 0 unspecified atom stereocenters. The Morgan fingerprint density at radius 3 is 2.86 bits per heavy atom. The maximum absolute atomic E-state index is 11.6. The molecular weight excluding hydrogens is 176 g/mol. The molecule has 0 amide bonds. The van der Waals surface area contributed by atoms with Gasteiger partial charge in [0.05, 0.1) is 12.7 Å². The fraction of sp³-hybridized carbons (Fsp3) is 0.583. The van der Waals surface area contributed by atoms with Crippen molar-refractivity contribution < 1.29 is 9.21 Å². The van der Waals surface area contributed by atoms with E-state index in [0.29, 0.717) is 18.1 Å². The lowest BCUT2D eigenvalue weighted by molar-refractivity contribution is -0.119. The Morgan fingerprint density at radius 1 is 1.43 bits per heavy atom. The van der Waals surface area contributed by atoms with Crippen LogP contribution in [-0.2, 0) is 11.2 Å². The minimum atomic E-state index is 0.326. The molecule has 1 heterocycles. The van der Waals surface area contributed by atoms with Gasteiger partial charge in [-0.3, -0.25) is 4.79 Å². The highest BCUT2D eigenvalue weighted by atomic mass is 16.3. The van der Waals surface area contributed by atoms with Gasteiger partial charge in [0, 0.05) is 6.42 Å². The van der Waals surface area contributed by atoms with E-state index in [1.807, 2.05) is 12.1 Å². The molecule has 1 saturated carbocycles. The van der Waals surface area contributed by atoms with Crippen molar-refractivity contribution in [3.63, 3.8) is 0 Å². The first-order valence-electron chi connectivity index (χ1n) is 5.38. The molecule has 1 aromatic rings. The molecule has 0 saturated heterocycles. The van der Waals surface area contributed by atoms with Crippen LogP contribution in [0.2, 0.25) is 0 Å². The maximum atomic E-state index is 11.6. The summed E-state index contributed by atoms with van der Waals surface area (Å²) in [5.41, 5.74) is 0. The Kier molecular flexibility index (Phi) is 3.02. The van der Waals surface area contributed by atoms with Crippen molar-refractivity contribution in [3.8, 4) is 0 Å². The van der Waals surface area contributed by atoms with Crippen LogP contribution in [-0.4, -0.2) is 5.78 Å². The number of carbonyl (C=O) groups is 1. The topological polar surface area (TPSA) is 30.2 Å². The second-order valence-electron chi connectivity index (χ2n) is 4.15. The van der Waals surface area contributed by atoms with Crippen LogP contribution in [0.5, 0.6) is 0 Å². The third-order valence-electron chi connectivity index (χ3n) is 2.94. The summed E-state index contributed by atoms with van der Waals surface area (Å²) in [6, 6.07) is 3.70. The molecule has 0 aromatic carbocycles. The van der Waals surface area contributed by atoms with Crippen LogP contribution in [0.1, 0.15) is 37.9 Å². The highest BCUT2D eigenvalue weighted by Crippen LogP contribution is 2.27. The minimum absolute atomic E-state index is 0.326. The molecule has 0 radical (unpaired) electrons. The van der Waals surface area contributed by atoms with E-state index in [1.165, 1.54) is 25.7 Å². The van der Waals surface area contributed by atoms with Crippen molar-refractivity contribution in [2.75, 3.05) is 0 Å². The number of hydrogen-bond donors (Lipinski definition) is 0. The standard InChI is InChI=1S/C12H16O2/c13-11(8-10-4-1-2-5-10)9-12-6-3-7-14-12/h3,6-7,10H,1-2,4-5,8-9H2. The van der Waals surface area contributed by atoms with Gasteiger partial charge in [-0.1, -0.05) is 25.7 Å². The van der Waals surface area contributed by atoms with Crippen molar-refractivity contribution in [1.82, 2.24) is 0 Å². The molecule has 14 heavy (non-hydrogen) atoms. The third-order valence-corrected chi connectivity index (χ3v) is 2.94. The first-order chi connectivity index (χ1) is 6.84. The van der Waals surface area contributed by atoms with Crippen LogP contribution in [0.15, 0.2) is 22.8 Å². The van der Waals surface area contributed by atoms with Gasteiger partial charge in [0.2, 0.25) is 0 Å². The van der Waals surface area contributed by atoms with Gasteiger partial charge in [0.1, 0.15) is 11.5 Å². The second-order valence-corrected chi connectivity index (χ2v) is 4.15. The smallest absolute Gasteiger partial charge is 0.140 e. The first kappa shape index (κ1) is 9.50. The Labute approximate surface area is 84.3 Å². The second kappa shape index (κ2) is 4.45. The average molecular weight is 192 g/mol. The van der Waals surface area contributed by atoms with Crippen molar-refractivity contribution in [2.45, 2.75) is 38.5 Å². The van der Waals surface area contributed by atoms with Crippen LogP contribution >= 0.6 is 0 Å². The average Bonchev–Trinajstić information content (AvgIpc) is 2.76. The van der Waals surface area contributed by atoms with Crippen molar-refractivity contribution in [3.05, 3.63) is 24.2 Å². The van der Waals surface area contributed by atoms with Crippen molar-refractivity contribution >= 4 is 5.78 Å². The van der Waals surface area contributed by atoms with Crippen molar-refractivity contribution in [2.24, 2.45) is 5.92 Å². The van der Waals surface area contributed by atoms with Gasteiger partial charge in [0.15, 0.2) is 0 Å². The predicted molar refractivity (Wildman–Crippen MR) is 54.0 cm³/mol. The molecule has 1 aliphatic rings. The summed E-state index contributed by atoms with van der Waals surface area (Å²) in [5.74, 6) is 1.78. The Hall–Kier alpha value is -1.05. The summed E-state index contributed by atoms with van der Waals surface area (Å²) in [6.07, 6.45) is 7.94. The molecule has 76 valence electrons. The lowest BCUT2D eigenvalue weighted by Crippen LogP contribution is -2.07. The number of rotatable bonds is 4. The van der Waals surface area contributed by atoms with E-state index < -0.39 is 0 Å². The number of Topliss-reactive ketones (excluding diaryl/α,β-unsaturated/α-hetero) is 1. The molecule has 0 spiro atoms. The largest absolute Gasteiger partial charge is 0.469 e. The van der Waals surface area contributed by atoms with E-state index in [2.05, 4.69) is 0 Å². The van der Waals surface area contributed by atoms with Gasteiger partial charge >= 0.3 is 0 Å². The Balaban J connectivity index is 1.78. The highest BCUT2D eigenvalue weighted by Gasteiger charge is 2.18. The fourth-order valence-corrected chi connectivity index (χ4v) is 2.22. The van der Waals surface area contributed by atoms with Gasteiger partial charge < -0.3 is 4.42 Å². The summed E-state index contributed by atoms with van der Waals surface area (Å²) >= 11 is 0. The van der Waals surface area contributed by atoms with Crippen LogP contribution in [0.3, 0.4) is 0 Å². The molecule has 2 nitrogen and oxygen atoms in total. The lowest BCUT2D eigenvalue weighted by atomic mass is 9.99. The maximum Gasteiger partial charge on any atom is 0.140 e. The van der Waals surface area contributed by atoms with E-state index in [-0.39, 0.29) is 0 Å². The van der Waals surface area contributed by atoms with Gasteiger partial charge in [-0.25, -0.2) is 0 Å². The van der Waals surface area contributed by atoms with E-state index in [1.54, 1.807) is 6.26 Å². The Bertz CT molecular complexity index is 281. The van der Waals surface area contributed by atoms with Crippen LogP contribution in [0.4, 0.5) is 0 Å². The number of furan rings is 1. The summed E-state index contributed by atoms with van der Waals surface area (Å²) in [5, 5.41) is 0. The van der Waals surface area contributed by atoms with E-state index in [4.69, 9.17) is 4.42 Å². The number of ketones is 1. The molecule has 0 aliphatic heterocycles. The molecule has 1 aliphatic carbocycles. The lowest BCUT2D eigenvalue weighted by Gasteiger charge is -2.05. The molecule has 1 fully saturated rings. The van der Waals surface area contributed by atoms with Gasteiger partial charge in [-0.2, -0.15) is 0 Å². The molecule has 2 rings (SSSR count). The quantitative estimate of drug-likeness (QED) is 0.734. The zero-order valence-corrected chi connectivity index (χ0v) is 8.37. The number of carbonyl (C=O) groups excluding carboxylic acids is 1. The molecule has 1 aromatic heterocycles. The van der Waals surface area contributed by atoms with Crippen molar-refractivity contribution in [1.29, 1.82) is 0 Å². The molecular formula is C12H16O2. The summed E-state index contributed by atoms with van der Waals surface area (Å²) in [7, 11) is 0. The summed E-state index contributed by atoms with van der Waals surface area (Å²) < 4.78 is 5.15. The molecule has 0 atom stereocenters. The summed E-state index contributed by atoms with van der Waals surface area (Å²) in [6.45, 7) is 0. The summed E-state index contributed by atoms with van der Waals surface area (Å²) in [4.78, 5) is 11.6. The van der Waals surface area contributed by atoms with E-state index in [9.17, 15) is 4.79 Å². The predicted octanol–water partition coefficient (Wildman–Crippen LogP) is 2.97. The fourth-order valence-electron chi connectivity index (χ4n) is 2.22. The van der Waals surface area contributed by atoms with Crippen LogP contribution < -0.4 is 0 Å². The van der Waals surface area contributed by atoms with E-state index >= 15 is 0 Å². The number of hydrogen-bond acceptors (Lipinski definition) is 2. The SMILES string of the molecule is O=C(Cc1ccco1)CC1CCCC1. The van der Waals surface area contributed by atoms with Gasteiger partial charge in [0.25, 0.3) is 0 Å². The Morgan fingerprint density at radius 2 is 2.21 bits per heavy atom. The first-order valence-corrected chi connectivity index (χ1v) is 5.38. The minimum Gasteiger partial charge on any atom is -0.469 e. The molecule has 0 bridgehead atoms. The monoisotopic (exact) mass is 192 g/mol. The highest BCUT2D eigenvalue weighted by molar-refractivity contribution is 5.80. The third kappa shape index (κ3) is 2.47.